The van der Waals surface area contributed by atoms with E-state index in [-0.39, 0.29) is 38.2 Å². The smallest absolute Gasteiger partial charge is 0.337 e. The van der Waals surface area contributed by atoms with Gasteiger partial charge in [0.1, 0.15) is 0 Å². The zero-order valence-corrected chi connectivity index (χ0v) is 15.8. The first-order valence-electron chi connectivity index (χ1n) is 8.48. The van der Waals surface area contributed by atoms with Crippen LogP contribution in [0, 0.1) is 0 Å². The molecule has 0 aliphatic carbocycles. The molecule has 1 aliphatic rings. The Labute approximate surface area is 156 Å². The first-order chi connectivity index (χ1) is 12.5. The molecule has 26 heavy (non-hydrogen) atoms. The minimum absolute atomic E-state index is 0.112. The van der Waals surface area contributed by atoms with Gasteiger partial charge in [-0.25, -0.2) is 9.59 Å². The number of hydrogen-bond acceptors (Lipinski definition) is 6. The van der Waals surface area contributed by atoms with Crippen molar-refractivity contribution in [2.75, 3.05) is 32.8 Å². The van der Waals surface area contributed by atoms with Crippen molar-refractivity contribution in [2.45, 2.75) is 20.4 Å². The summed E-state index contributed by atoms with van der Waals surface area (Å²) in [6, 6.07) is 3.53. The van der Waals surface area contributed by atoms with E-state index < -0.39 is 5.97 Å². The molecule has 1 aromatic heterocycles. The van der Waals surface area contributed by atoms with Crippen molar-refractivity contribution < 1.29 is 19.1 Å². The molecular weight excluding hydrogens is 356 g/mol. The Morgan fingerprint density at radius 1 is 1.38 bits per heavy atom. The van der Waals surface area contributed by atoms with Gasteiger partial charge in [0.15, 0.2) is 0 Å². The molecular formula is C17H24N4O4S. The molecule has 0 aromatic carbocycles. The van der Waals surface area contributed by atoms with Crippen LogP contribution in [-0.2, 0) is 20.9 Å². The van der Waals surface area contributed by atoms with Crippen molar-refractivity contribution in [2.24, 2.45) is 0 Å². The molecule has 9 heteroatoms. The van der Waals surface area contributed by atoms with Crippen LogP contribution in [0.5, 0.6) is 0 Å². The number of esters is 1. The number of nitrogens with one attached hydrogen (secondary N) is 3. The highest BCUT2D eigenvalue weighted by atomic mass is 32.1. The normalized spacial score (nSPS) is 14.0. The number of urea groups is 1. The van der Waals surface area contributed by atoms with Crippen LogP contribution in [0.3, 0.4) is 0 Å². The summed E-state index contributed by atoms with van der Waals surface area (Å²) >= 11 is 1.58. The number of nitrogens with zero attached hydrogens (tertiary/aromatic N) is 1. The molecule has 0 fully saturated rings. The van der Waals surface area contributed by atoms with E-state index >= 15 is 0 Å². The van der Waals surface area contributed by atoms with Gasteiger partial charge in [0, 0.05) is 17.1 Å². The lowest BCUT2D eigenvalue weighted by atomic mass is 10.1. The predicted octanol–water partition coefficient (Wildman–Crippen LogP) is 0.816. The van der Waals surface area contributed by atoms with E-state index in [0.717, 1.165) is 4.88 Å². The molecule has 142 valence electrons. The second kappa shape index (κ2) is 9.93. The van der Waals surface area contributed by atoms with Gasteiger partial charge in [-0.15, -0.1) is 11.3 Å². The summed E-state index contributed by atoms with van der Waals surface area (Å²) in [7, 11) is 0. The zero-order valence-electron chi connectivity index (χ0n) is 15.0. The van der Waals surface area contributed by atoms with Crippen molar-refractivity contribution in [1.82, 2.24) is 20.9 Å². The van der Waals surface area contributed by atoms with Crippen molar-refractivity contribution in [3.05, 3.63) is 33.7 Å². The molecule has 0 unspecified atom stereocenters. The van der Waals surface area contributed by atoms with Gasteiger partial charge in [0.25, 0.3) is 0 Å². The number of hydrogen-bond donors (Lipinski definition) is 3. The fraction of sp³-hybridized carbons (Fsp3) is 0.471. The first-order valence-corrected chi connectivity index (χ1v) is 9.36. The number of ether oxygens (including phenoxy) is 1. The van der Waals surface area contributed by atoms with Crippen molar-refractivity contribution in [1.29, 1.82) is 0 Å². The van der Waals surface area contributed by atoms with E-state index in [2.05, 4.69) is 16.0 Å². The molecule has 1 aliphatic heterocycles. The number of rotatable bonds is 9. The molecule has 0 bridgehead atoms. The number of amides is 3. The summed E-state index contributed by atoms with van der Waals surface area (Å²) in [6.07, 6.45) is 0. The maximum atomic E-state index is 12.2. The van der Waals surface area contributed by atoms with E-state index in [1.807, 2.05) is 29.3 Å². The minimum Gasteiger partial charge on any atom is -0.463 e. The maximum absolute atomic E-state index is 12.2. The van der Waals surface area contributed by atoms with Crippen LogP contribution >= 0.6 is 11.3 Å². The first kappa shape index (κ1) is 19.9. The standard InChI is InChI=1S/C17H24N4O4S/c1-3-21(11-15(22)18-8-12-6-5-7-26-12)10-14-13(16(23)25-4-2)9-19-17(24)20-14/h5-7H,3-4,8-11H2,1-2H3,(H,18,22)(H2,19,20,24). The average Bonchev–Trinajstić information content (AvgIpc) is 3.13. The van der Waals surface area contributed by atoms with Gasteiger partial charge in [-0.2, -0.15) is 0 Å². The third kappa shape index (κ3) is 5.85. The van der Waals surface area contributed by atoms with Gasteiger partial charge in [-0.05, 0) is 24.9 Å². The topological polar surface area (TPSA) is 99.8 Å². The number of carbonyl (C=O) groups excluding carboxylic acids is 3. The summed E-state index contributed by atoms with van der Waals surface area (Å²) < 4.78 is 5.04. The van der Waals surface area contributed by atoms with Gasteiger partial charge >= 0.3 is 12.0 Å². The highest BCUT2D eigenvalue weighted by Crippen LogP contribution is 2.10. The van der Waals surface area contributed by atoms with Gasteiger partial charge < -0.3 is 20.7 Å². The Balaban J connectivity index is 1.97. The lowest BCUT2D eigenvalue weighted by Crippen LogP contribution is -2.48. The summed E-state index contributed by atoms with van der Waals surface area (Å²) in [5, 5.41) is 10.1. The highest BCUT2D eigenvalue weighted by Gasteiger charge is 2.25. The van der Waals surface area contributed by atoms with E-state index in [1.54, 1.807) is 18.3 Å². The average molecular weight is 380 g/mol. The van der Waals surface area contributed by atoms with Crippen LogP contribution in [0.2, 0.25) is 0 Å². The zero-order chi connectivity index (χ0) is 18.9. The van der Waals surface area contributed by atoms with E-state index in [0.29, 0.717) is 24.4 Å². The Morgan fingerprint density at radius 3 is 2.85 bits per heavy atom. The lowest BCUT2D eigenvalue weighted by molar-refractivity contribution is -0.138. The molecule has 2 rings (SSSR count). The van der Waals surface area contributed by atoms with Gasteiger partial charge in [0.05, 0.1) is 31.8 Å². The molecule has 0 spiro atoms. The summed E-state index contributed by atoms with van der Waals surface area (Å²) in [5.41, 5.74) is 0.851. The summed E-state index contributed by atoms with van der Waals surface area (Å²) in [5.74, 6) is -0.577. The summed E-state index contributed by atoms with van der Waals surface area (Å²) in [6.45, 7) is 5.55. The van der Waals surface area contributed by atoms with E-state index in [1.165, 1.54) is 0 Å². The van der Waals surface area contributed by atoms with Crippen molar-refractivity contribution in [3.8, 4) is 0 Å². The van der Waals surface area contributed by atoms with Gasteiger partial charge in [-0.1, -0.05) is 13.0 Å². The van der Waals surface area contributed by atoms with Crippen LogP contribution in [0.4, 0.5) is 4.79 Å². The largest absolute Gasteiger partial charge is 0.463 e. The van der Waals surface area contributed by atoms with Crippen molar-refractivity contribution in [3.63, 3.8) is 0 Å². The molecule has 0 radical (unpaired) electrons. The molecule has 1 aromatic rings. The molecule has 3 amide bonds. The highest BCUT2D eigenvalue weighted by molar-refractivity contribution is 7.09. The summed E-state index contributed by atoms with van der Waals surface area (Å²) in [4.78, 5) is 38.8. The molecule has 3 N–H and O–H groups in total. The molecule has 2 heterocycles. The minimum atomic E-state index is -0.465. The van der Waals surface area contributed by atoms with Crippen LogP contribution in [0.25, 0.3) is 0 Å². The Bertz CT molecular complexity index is 672. The number of carbonyl (C=O) groups is 3. The maximum Gasteiger partial charge on any atom is 0.337 e. The Hall–Kier alpha value is -2.39. The predicted molar refractivity (Wildman–Crippen MR) is 98.5 cm³/mol. The number of thiophene rings is 1. The second-order valence-electron chi connectivity index (χ2n) is 5.64. The SMILES string of the molecule is CCOC(=O)C1=C(CN(CC)CC(=O)NCc2cccs2)NC(=O)NC1. The van der Waals surface area contributed by atoms with E-state index in [4.69, 9.17) is 4.74 Å². The van der Waals surface area contributed by atoms with Crippen LogP contribution < -0.4 is 16.0 Å². The lowest BCUT2D eigenvalue weighted by Gasteiger charge is -2.26. The van der Waals surface area contributed by atoms with Gasteiger partial charge in [0.2, 0.25) is 5.91 Å². The molecule has 8 nitrogen and oxygen atoms in total. The van der Waals surface area contributed by atoms with Crippen molar-refractivity contribution >= 4 is 29.2 Å². The molecule has 0 atom stereocenters. The van der Waals surface area contributed by atoms with Gasteiger partial charge in [-0.3, -0.25) is 9.69 Å². The number of likely N-dealkylation sites (N-methyl/N-ethyl adjacent to an activating group) is 1. The van der Waals surface area contributed by atoms with Crippen LogP contribution in [0.15, 0.2) is 28.8 Å². The molecule has 0 saturated carbocycles. The molecule has 0 saturated heterocycles. The third-order valence-electron chi connectivity index (χ3n) is 3.81. The monoisotopic (exact) mass is 380 g/mol. The quantitative estimate of drug-likeness (QED) is 0.551. The van der Waals surface area contributed by atoms with E-state index in [9.17, 15) is 14.4 Å². The Kier molecular flexibility index (Phi) is 7.61. The Morgan fingerprint density at radius 2 is 2.19 bits per heavy atom. The third-order valence-corrected chi connectivity index (χ3v) is 4.69. The fourth-order valence-corrected chi connectivity index (χ4v) is 3.09. The van der Waals surface area contributed by atoms with Crippen LogP contribution in [0.1, 0.15) is 18.7 Å². The van der Waals surface area contributed by atoms with Crippen LogP contribution in [-0.4, -0.2) is 55.6 Å². The second-order valence-corrected chi connectivity index (χ2v) is 6.68. The fourth-order valence-electron chi connectivity index (χ4n) is 2.44.